The summed E-state index contributed by atoms with van der Waals surface area (Å²) in [5.41, 5.74) is 1.15. The highest BCUT2D eigenvalue weighted by Crippen LogP contribution is 2.16. The van der Waals surface area contributed by atoms with Crippen molar-refractivity contribution >= 4 is 23.3 Å². The number of hydrogen-bond acceptors (Lipinski definition) is 4. The first-order valence-electron chi connectivity index (χ1n) is 7.85. The summed E-state index contributed by atoms with van der Waals surface area (Å²) in [6.07, 6.45) is 5.13. The quantitative estimate of drug-likeness (QED) is 0.593. The van der Waals surface area contributed by atoms with Crippen molar-refractivity contribution in [1.29, 1.82) is 0 Å². The molecule has 0 bridgehead atoms. The van der Waals surface area contributed by atoms with E-state index in [0.29, 0.717) is 22.6 Å². The van der Waals surface area contributed by atoms with Gasteiger partial charge in [0.15, 0.2) is 12.4 Å². The van der Waals surface area contributed by atoms with Gasteiger partial charge >= 0.3 is 0 Å². The standard InChI is InChI=1S/C20H18N2O4/c1-3-11-21-20(25)17-9-4-5-10-18(17)22-19(24)13-26-16-8-6-7-15(12-16)14(2)23/h1,4-10,12H,11,13H2,2H3,(H,21,25)(H,22,24). The van der Waals surface area contributed by atoms with Gasteiger partial charge in [-0.2, -0.15) is 0 Å². The lowest BCUT2D eigenvalue weighted by molar-refractivity contribution is -0.118. The van der Waals surface area contributed by atoms with Crippen LogP contribution in [0.5, 0.6) is 5.75 Å². The number of rotatable bonds is 7. The maximum Gasteiger partial charge on any atom is 0.262 e. The third-order valence-electron chi connectivity index (χ3n) is 3.41. The molecule has 6 nitrogen and oxygen atoms in total. The van der Waals surface area contributed by atoms with E-state index in [1.165, 1.54) is 6.92 Å². The topological polar surface area (TPSA) is 84.5 Å². The Balaban J connectivity index is 2.00. The number of carbonyl (C=O) groups is 3. The van der Waals surface area contributed by atoms with Crippen molar-refractivity contribution in [2.24, 2.45) is 0 Å². The molecule has 0 radical (unpaired) electrons. The van der Waals surface area contributed by atoms with Crippen LogP contribution in [-0.2, 0) is 4.79 Å². The number of nitrogens with one attached hydrogen (secondary N) is 2. The molecule has 0 atom stereocenters. The number of Topliss-reactive ketones (excluding diaryl/α,β-unsaturated/α-hetero) is 1. The van der Waals surface area contributed by atoms with Gasteiger partial charge in [0, 0.05) is 5.56 Å². The lowest BCUT2D eigenvalue weighted by Crippen LogP contribution is -2.26. The summed E-state index contributed by atoms with van der Waals surface area (Å²) in [5.74, 6) is 1.82. The minimum Gasteiger partial charge on any atom is -0.484 e. The van der Waals surface area contributed by atoms with Crippen LogP contribution in [-0.4, -0.2) is 30.7 Å². The fourth-order valence-electron chi connectivity index (χ4n) is 2.16. The van der Waals surface area contributed by atoms with E-state index >= 15 is 0 Å². The maximum absolute atomic E-state index is 12.1. The molecule has 26 heavy (non-hydrogen) atoms. The second kappa shape index (κ2) is 9.04. The van der Waals surface area contributed by atoms with Gasteiger partial charge in [-0.15, -0.1) is 6.42 Å². The van der Waals surface area contributed by atoms with Crippen molar-refractivity contribution in [2.75, 3.05) is 18.5 Å². The lowest BCUT2D eigenvalue weighted by atomic mass is 10.1. The normalized spacial score (nSPS) is 9.69. The van der Waals surface area contributed by atoms with Crippen LogP contribution in [0.2, 0.25) is 0 Å². The van der Waals surface area contributed by atoms with E-state index in [1.54, 1.807) is 48.5 Å². The van der Waals surface area contributed by atoms with Gasteiger partial charge < -0.3 is 15.4 Å². The summed E-state index contributed by atoms with van der Waals surface area (Å²) in [6, 6.07) is 13.1. The van der Waals surface area contributed by atoms with Crippen molar-refractivity contribution in [3.63, 3.8) is 0 Å². The summed E-state index contributed by atoms with van der Waals surface area (Å²) in [4.78, 5) is 35.6. The van der Waals surface area contributed by atoms with Crippen molar-refractivity contribution in [3.05, 3.63) is 59.7 Å². The molecule has 2 aromatic carbocycles. The molecule has 0 unspecified atom stereocenters. The Hall–Kier alpha value is -3.59. The summed E-state index contributed by atoms with van der Waals surface area (Å²) in [5, 5.41) is 5.18. The van der Waals surface area contributed by atoms with Crippen LogP contribution >= 0.6 is 0 Å². The third kappa shape index (κ3) is 5.21. The third-order valence-corrected chi connectivity index (χ3v) is 3.41. The molecule has 0 saturated carbocycles. The number of ether oxygens (including phenoxy) is 1. The fourth-order valence-corrected chi connectivity index (χ4v) is 2.16. The Bertz CT molecular complexity index is 868. The first kappa shape index (κ1) is 18.7. The predicted octanol–water partition coefficient (Wildman–Crippen LogP) is 2.27. The van der Waals surface area contributed by atoms with E-state index in [4.69, 9.17) is 11.2 Å². The molecule has 0 heterocycles. The Labute approximate surface area is 151 Å². The van der Waals surface area contributed by atoms with Crippen molar-refractivity contribution in [3.8, 4) is 18.1 Å². The van der Waals surface area contributed by atoms with Gasteiger partial charge in [0.2, 0.25) is 0 Å². The number of ketones is 1. The zero-order chi connectivity index (χ0) is 18.9. The van der Waals surface area contributed by atoms with E-state index in [0.717, 1.165) is 0 Å². The van der Waals surface area contributed by atoms with E-state index in [2.05, 4.69) is 16.6 Å². The minimum absolute atomic E-state index is 0.0909. The summed E-state index contributed by atoms with van der Waals surface area (Å²) in [6.45, 7) is 1.28. The molecule has 0 aliphatic carbocycles. The molecule has 0 aliphatic heterocycles. The van der Waals surface area contributed by atoms with Gasteiger partial charge in [-0.3, -0.25) is 14.4 Å². The molecule has 2 amide bonds. The molecule has 2 aromatic rings. The number of anilines is 1. The number of hydrogen-bond donors (Lipinski definition) is 2. The average molecular weight is 350 g/mol. The number of carbonyl (C=O) groups excluding carboxylic acids is 3. The highest BCUT2D eigenvalue weighted by Gasteiger charge is 2.13. The Morgan fingerprint density at radius 2 is 1.88 bits per heavy atom. The highest BCUT2D eigenvalue weighted by atomic mass is 16.5. The zero-order valence-electron chi connectivity index (χ0n) is 14.2. The zero-order valence-corrected chi connectivity index (χ0v) is 14.2. The van der Waals surface area contributed by atoms with Crippen LogP contribution in [0.3, 0.4) is 0 Å². The molecule has 2 rings (SSSR count). The molecule has 0 aromatic heterocycles. The van der Waals surface area contributed by atoms with Crippen molar-refractivity contribution in [2.45, 2.75) is 6.92 Å². The van der Waals surface area contributed by atoms with Gasteiger partial charge in [-0.1, -0.05) is 30.2 Å². The monoisotopic (exact) mass is 350 g/mol. The second-order valence-electron chi connectivity index (χ2n) is 5.35. The molecule has 0 aliphatic rings. The van der Waals surface area contributed by atoms with Crippen LogP contribution in [0.15, 0.2) is 48.5 Å². The van der Waals surface area contributed by atoms with E-state index in [-0.39, 0.29) is 24.8 Å². The molecule has 2 N–H and O–H groups in total. The molecule has 0 spiro atoms. The van der Waals surface area contributed by atoms with E-state index in [1.807, 2.05) is 0 Å². The number of terminal acetylenes is 1. The van der Waals surface area contributed by atoms with Crippen molar-refractivity contribution in [1.82, 2.24) is 5.32 Å². The summed E-state index contributed by atoms with van der Waals surface area (Å²) >= 11 is 0. The molecule has 0 fully saturated rings. The largest absolute Gasteiger partial charge is 0.484 e. The van der Waals surface area contributed by atoms with E-state index in [9.17, 15) is 14.4 Å². The first-order chi connectivity index (χ1) is 12.5. The molecule has 0 saturated heterocycles. The number of benzene rings is 2. The Morgan fingerprint density at radius 3 is 2.62 bits per heavy atom. The fraction of sp³-hybridized carbons (Fsp3) is 0.150. The summed E-state index contributed by atoms with van der Waals surface area (Å²) in [7, 11) is 0. The van der Waals surface area contributed by atoms with Crippen LogP contribution in [0, 0.1) is 12.3 Å². The van der Waals surface area contributed by atoms with Gasteiger partial charge in [0.25, 0.3) is 11.8 Å². The maximum atomic E-state index is 12.1. The smallest absolute Gasteiger partial charge is 0.262 e. The van der Waals surface area contributed by atoms with Gasteiger partial charge in [0.1, 0.15) is 5.75 Å². The van der Waals surface area contributed by atoms with Crippen LogP contribution in [0.25, 0.3) is 0 Å². The number of para-hydroxylation sites is 1. The summed E-state index contributed by atoms with van der Waals surface area (Å²) < 4.78 is 5.40. The Kier molecular flexibility index (Phi) is 6.52. The van der Waals surface area contributed by atoms with Gasteiger partial charge in [-0.25, -0.2) is 0 Å². The first-order valence-corrected chi connectivity index (χ1v) is 7.85. The molecule has 132 valence electrons. The van der Waals surface area contributed by atoms with Crippen LogP contribution in [0.1, 0.15) is 27.6 Å². The lowest BCUT2D eigenvalue weighted by Gasteiger charge is -2.11. The van der Waals surface area contributed by atoms with Crippen molar-refractivity contribution < 1.29 is 19.1 Å². The van der Waals surface area contributed by atoms with Gasteiger partial charge in [-0.05, 0) is 31.2 Å². The second-order valence-corrected chi connectivity index (χ2v) is 5.35. The Morgan fingerprint density at radius 1 is 1.12 bits per heavy atom. The average Bonchev–Trinajstić information content (AvgIpc) is 2.65. The van der Waals surface area contributed by atoms with Gasteiger partial charge in [0.05, 0.1) is 17.8 Å². The minimum atomic E-state index is -0.435. The molecular weight excluding hydrogens is 332 g/mol. The van der Waals surface area contributed by atoms with Crippen LogP contribution in [0.4, 0.5) is 5.69 Å². The van der Waals surface area contributed by atoms with E-state index < -0.39 is 5.91 Å². The SMILES string of the molecule is C#CCNC(=O)c1ccccc1NC(=O)COc1cccc(C(C)=O)c1. The molecule has 6 heteroatoms. The number of amides is 2. The predicted molar refractivity (Wildman–Crippen MR) is 98.2 cm³/mol. The highest BCUT2D eigenvalue weighted by molar-refractivity contribution is 6.04. The molecular formula is C20H18N2O4. The van der Waals surface area contributed by atoms with Crippen LogP contribution < -0.4 is 15.4 Å².